The number of hydrogen-bond acceptors (Lipinski definition) is 2. The molecule has 0 N–H and O–H groups in total. The quantitative estimate of drug-likeness (QED) is 0.199. The van der Waals surface area contributed by atoms with E-state index < -0.39 is 0 Å². The van der Waals surface area contributed by atoms with Crippen LogP contribution < -0.4 is 4.90 Å². The maximum Gasteiger partial charge on any atom is 0.143 e. The van der Waals surface area contributed by atoms with Gasteiger partial charge in [0.2, 0.25) is 0 Å². The zero-order chi connectivity index (χ0) is 30.5. The zero-order valence-corrected chi connectivity index (χ0v) is 25.1. The molecule has 216 valence electrons. The lowest BCUT2D eigenvalue weighted by atomic mass is 9.99. The van der Waals surface area contributed by atoms with Crippen LogP contribution in [0.5, 0.6) is 0 Å². The lowest BCUT2D eigenvalue weighted by Crippen LogP contribution is -2.10. The Kier molecular flexibility index (Phi) is 6.17. The maximum absolute atomic E-state index is 6.58. The molecule has 0 bridgehead atoms. The van der Waals surface area contributed by atoms with Crippen LogP contribution in [0.3, 0.4) is 0 Å². The van der Waals surface area contributed by atoms with Crippen molar-refractivity contribution in [2.75, 3.05) is 4.90 Å². The summed E-state index contributed by atoms with van der Waals surface area (Å²) in [6.07, 6.45) is 0. The summed E-state index contributed by atoms with van der Waals surface area (Å²) in [6, 6.07) is 62.7. The molecule has 1 heterocycles. The molecule has 46 heavy (non-hydrogen) atoms. The third-order valence-corrected chi connectivity index (χ3v) is 9.03. The van der Waals surface area contributed by atoms with Gasteiger partial charge in [-0.15, -0.1) is 0 Å². The maximum atomic E-state index is 6.58. The Balaban J connectivity index is 1.24. The average Bonchev–Trinajstić information content (AvgIpc) is 3.51. The number of fused-ring (bicyclic) bond motifs is 6. The van der Waals surface area contributed by atoms with Crippen molar-refractivity contribution >= 4 is 60.5 Å². The van der Waals surface area contributed by atoms with Crippen LogP contribution in [0, 0.1) is 0 Å². The Morgan fingerprint density at radius 2 is 0.935 bits per heavy atom. The van der Waals surface area contributed by atoms with Gasteiger partial charge in [0.15, 0.2) is 0 Å². The minimum Gasteiger partial charge on any atom is -0.455 e. The molecular formula is C44H29NO. The van der Waals surface area contributed by atoms with Gasteiger partial charge in [-0.05, 0) is 81.6 Å². The first-order chi connectivity index (χ1) is 22.8. The Hall–Kier alpha value is -6.12. The highest BCUT2D eigenvalue weighted by Crippen LogP contribution is 2.45. The molecule has 2 heteroatoms. The summed E-state index contributed by atoms with van der Waals surface area (Å²) in [6.45, 7) is 0. The Morgan fingerprint density at radius 1 is 0.348 bits per heavy atom. The van der Waals surface area contributed by atoms with Gasteiger partial charge < -0.3 is 9.32 Å². The normalized spacial score (nSPS) is 11.5. The Morgan fingerprint density at radius 3 is 1.74 bits per heavy atom. The average molecular weight is 588 g/mol. The van der Waals surface area contributed by atoms with Gasteiger partial charge in [0.1, 0.15) is 11.2 Å². The van der Waals surface area contributed by atoms with E-state index >= 15 is 0 Å². The van der Waals surface area contributed by atoms with Gasteiger partial charge in [0.05, 0.1) is 5.69 Å². The van der Waals surface area contributed by atoms with Gasteiger partial charge in [-0.2, -0.15) is 0 Å². The van der Waals surface area contributed by atoms with Crippen LogP contribution in [0.4, 0.5) is 17.1 Å². The molecular weight excluding hydrogens is 558 g/mol. The molecule has 2 nitrogen and oxygen atoms in total. The number of para-hydroxylation sites is 1. The predicted octanol–water partition coefficient (Wildman–Crippen LogP) is 12.7. The molecule has 9 rings (SSSR count). The van der Waals surface area contributed by atoms with Gasteiger partial charge >= 0.3 is 0 Å². The van der Waals surface area contributed by atoms with Gasteiger partial charge in [0, 0.05) is 32.9 Å². The standard InChI is InChI=1S/C44H29NO/c1-3-11-30(12-4-1)35-23-26-43-40(28-35)41-29-42(38-17-9-10-18-39(38)44(41)46-43)45(36-15-5-2-6-16-36)37-24-21-32(22-25-37)34-20-19-31-13-7-8-14-33(31)27-34/h1-29H. The second kappa shape index (κ2) is 10.8. The molecule has 0 saturated heterocycles. The third-order valence-electron chi connectivity index (χ3n) is 9.03. The molecule has 0 fully saturated rings. The summed E-state index contributed by atoms with van der Waals surface area (Å²) in [5.41, 5.74) is 9.88. The van der Waals surface area contributed by atoms with Crippen LogP contribution >= 0.6 is 0 Å². The fourth-order valence-corrected chi connectivity index (χ4v) is 6.75. The van der Waals surface area contributed by atoms with E-state index in [2.05, 4.69) is 181 Å². The second-order valence-electron chi connectivity index (χ2n) is 11.8. The molecule has 1 aromatic heterocycles. The molecule has 0 unspecified atom stereocenters. The highest BCUT2D eigenvalue weighted by Gasteiger charge is 2.20. The molecule has 0 spiro atoms. The monoisotopic (exact) mass is 587 g/mol. The van der Waals surface area contributed by atoms with Crippen LogP contribution in [0.2, 0.25) is 0 Å². The topological polar surface area (TPSA) is 16.4 Å². The second-order valence-corrected chi connectivity index (χ2v) is 11.8. The summed E-state index contributed by atoms with van der Waals surface area (Å²) in [4.78, 5) is 2.37. The van der Waals surface area contributed by atoms with E-state index in [-0.39, 0.29) is 0 Å². The number of rotatable bonds is 5. The highest BCUT2D eigenvalue weighted by molar-refractivity contribution is 6.20. The Bertz CT molecular complexity index is 2510. The van der Waals surface area contributed by atoms with E-state index in [1.165, 1.54) is 33.0 Å². The van der Waals surface area contributed by atoms with Crippen molar-refractivity contribution in [3.05, 3.63) is 176 Å². The van der Waals surface area contributed by atoms with E-state index in [0.29, 0.717) is 0 Å². The highest BCUT2D eigenvalue weighted by atomic mass is 16.3. The smallest absolute Gasteiger partial charge is 0.143 e. The predicted molar refractivity (Wildman–Crippen MR) is 194 cm³/mol. The van der Waals surface area contributed by atoms with E-state index in [9.17, 15) is 0 Å². The van der Waals surface area contributed by atoms with Crippen molar-refractivity contribution in [1.82, 2.24) is 0 Å². The SMILES string of the molecule is c1ccc(-c2ccc3oc4c5ccccc5c(N(c5ccccc5)c5ccc(-c6ccc7ccccc7c6)cc5)cc4c3c2)cc1. The van der Waals surface area contributed by atoms with E-state index in [4.69, 9.17) is 4.42 Å². The fraction of sp³-hybridized carbons (Fsp3) is 0. The van der Waals surface area contributed by atoms with Crippen molar-refractivity contribution in [2.45, 2.75) is 0 Å². The molecule has 9 aromatic rings. The zero-order valence-electron chi connectivity index (χ0n) is 25.1. The first kappa shape index (κ1) is 26.3. The van der Waals surface area contributed by atoms with Crippen LogP contribution in [-0.2, 0) is 0 Å². The fourth-order valence-electron chi connectivity index (χ4n) is 6.75. The van der Waals surface area contributed by atoms with Crippen molar-refractivity contribution in [1.29, 1.82) is 0 Å². The van der Waals surface area contributed by atoms with Gasteiger partial charge in [-0.25, -0.2) is 0 Å². The van der Waals surface area contributed by atoms with E-state index in [1.54, 1.807) is 0 Å². The molecule has 0 atom stereocenters. The molecule has 0 saturated carbocycles. The minimum atomic E-state index is 0.892. The number of anilines is 3. The number of benzene rings is 8. The van der Waals surface area contributed by atoms with Gasteiger partial charge in [-0.3, -0.25) is 0 Å². The third kappa shape index (κ3) is 4.43. The number of nitrogens with zero attached hydrogens (tertiary/aromatic N) is 1. The summed E-state index contributed by atoms with van der Waals surface area (Å²) < 4.78 is 6.58. The summed E-state index contributed by atoms with van der Waals surface area (Å²) in [7, 11) is 0. The summed E-state index contributed by atoms with van der Waals surface area (Å²) >= 11 is 0. The lowest BCUT2D eigenvalue weighted by Gasteiger charge is -2.27. The molecule has 0 amide bonds. The van der Waals surface area contributed by atoms with Gasteiger partial charge in [0.25, 0.3) is 0 Å². The van der Waals surface area contributed by atoms with Crippen LogP contribution in [-0.4, -0.2) is 0 Å². The molecule has 0 aliphatic carbocycles. The first-order valence-electron chi connectivity index (χ1n) is 15.7. The van der Waals surface area contributed by atoms with Crippen LogP contribution in [0.25, 0.3) is 65.7 Å². The number of hydrogen-bond donors (Lipinski definition) is 0. The van der Waals surface area contributed by atoms with Gasteiger partial charge in [-0.1, -0.05) is 127 Å². The molecule has 0 aliphatic heterocycles. The van der Waals surface area contributed by atoms with Crippen molar-refractivity contribution in [3.63, 3.8) is 0 Å². The largest absolute Gasteiger partial charge is 0.455 e. The number of furan rings is 1. The molecule has 8 aromatic carbocycles. The van der Waals surface area contributed by atoms with E-state index in [0.717, 1.165) is 49.8 Å². The Labute approximate surface area is 267 Å². The first-order valence-corrected chi connectivity index (χ1v) is 15.7. The summed E-state index contributed by atoms with van der Waals surface area (Å²) in [5, 5.41) is 6.96. The van der Waals surface area contributed by atoms with Crippen LogP contribution in [0.15, 0.2) is 180 Å². The van der Waals surface area contributed by atoms with Crippen molar-refractivity contribution in [2.24, 2.45) is 0 Å². The summed E-state index contributed by atoms with van der Waals surface area (Å²) in [5.74, 6) is 0. The van der Waals surface area contributed by atoms with Crippen LogP contribution in [0.1, 0.15) is 0 Å². The van der Waals surface area contributed by atoms with E-state index in [1.807, 2.05) is 0 Å². The lowest BCUT2D eigenvalue weighted by molar-refractivity contribution is 0.672. The molecule has 0 aliphatic rings. The molecule has 0 radical (unpaired) electrons. The van der Waals surface area contributed by atoms with Crippen molar-refractivity contribution in [3.8, 4) is 22.3 Å². The minimum absolute atomic E-state index is 0.892. The van der Waals surface area contributed by atoms with Crippen molar-refractivity contribution < 1.29 is 4.42 Å².